The topological polar surface area (TPSA) is 74.0 Å². The Bertz CT molecular complexity index is 710. The first-order valence-electron chi connectivity index (χ1n) is 6.50. The van der Waals surface area contributed by atoms with Crippen molar-refractivity contribution in [3.63, 3.8) is 0 Å². The van der Waals surface area contributed by atoms with E-state index in [-0.39, 0.29) is 17.2 Å². The van der Waals surface area contributed by atoms with Gasteiger partial charge in [0.15, 0.2) is 5.71 Å². The van der Waals surface area contributed by atoms with Gasteiger partial charge in [-0.1, -0.05) is 23.4 Å². The number of hydrogen-bond donors (Lipinski definition) is 2. The Balaban J connectivity index is 2.16. The van der Waals surface area contributed by atoms with Crippen molar-refractivity contribution >= 4 is 28.7 Å². The van der Waals surface area contributed by atoms with Crippen LogP contribution in [0.5, 0.6) is 0 Å². The van der Waals surface area contributed by atoms with Crippen LogP contribution in [0.4, 0.5) is 15.8 Å². The summed E-state index contributed by atoms with van der Waals surface area (Å²) < 4.78 is 12.8. The van der Waals surface area contributed by atoms with E-state index >= 15 is 0 Å². The molecule has 0 fully saturated rings. The highest BCUT2D eigenvalue weighted by molar-refractivity contribution is 6.68. The van der Waals surface area contributed by atoms with E-state index in [1.54, 1.807) is 24.3 Å². The maximum Gasteiger partial charge on any atom is 0.279 e. The lowest BCUT2D eigenvalue weighted by Crippen LogP contribution is -2.28. The van der Waals surface area contributed by atoms with E-state index in [4.69, 9.17) is 5.21 Å². The fourth-order valence-corrected chi connectivity index (χ4v) is 1.76. The predicted molar refractivity (Wildman–Crippen MR) is 83.5 cm³/mol. The smallest absolute Gasteiger partial charge is 0.279 e. The third-order valence-corrected chi connectivity index (χ3v) is 2.81. The summed E-state index contributed by atoms with van der Waals surface area (Å²) in [5, 5.41) is 14.6. The van der Waals surface area contributed by atoms with E-state index in [1.165, 1.54) is 31.2 Å². The van der Waals surface area contributed by atoms with Gasteiger partial charge in [-0.25, -0.2) is 4.39 Å². The first-order chi connectivity index (χ1) is 10.6. The summed E-state index contributed by atoms with van der Waals surface area (Å²) in [5.74, 6) is -0.966. The minimum Gasteiger partial charge on any atom is -0.410 e. The number of aliphatic imine (C=N–C) groups is 1. The largest absolute Gasteiger partial charge is 0.410 e. The monoisotopic (exact) mass is 299 g/mol. The van der Waals surface area contributed by atoms with Crippen molar-refractivity contribution in [2.45, 2.75) is 6.92 Å². The molecule has 112 valence electrons. The molecule has 0 spiro atoms. The number of rotatable bonds is 4. The van der Waals surface area contributed by atoms with Crippen molar-refractivity contribution in [2.24, 2.45) is 10.1 Å². The van der Waals surface area contributed by atoms with Crippen LogP contribution >= 0.6 is 0 Å². The molecule has 6 heteroatoms. The minimum absolute atomic E-state index is 0.211. The van der Waals surface area contributed by atoms with Crippen LogP contribution in [-0.2, 0) is 4.79 Å². The number of nitrogens with one attached hydrogen (secondary N) is 1. The Labute approximate surface area is 126 Å². The van der Waals surface area contributed by atoms with Gasteiger partial charge in [-0.15, -0.1) is 0 Å². The average molecular weight is 299 g/mol. The highest BCUT2D eigenvalue weighted by atomic mass is 19.1. The van der Waals surface area contributed by atoms with Gasteiger partial charge in [-0.2, -0.15) is 0 Å². The first kappa shape index (κ1) is 15.4. The molecule has 0 aliphatic rings. The highest BCUT2D eigenvalue weighted by Gasteiger charge is 2.16. The maximum absolute atomic E-state index is 12.8. The maximum atomic E-state index is 12.8. The Hall–Kier alpha value is -3.02. The minimum atomic E-state index is -0.586. The molecular formula is C16H14FN3O2. The number of hydrogen-bond acceptors (Lipinski definition) is 4. The standard InChI is InChI=1S/C16H14FN3O2/c1-11(18-14-9-7-12(17)8-10-14)15(20-22)16(21)19-13-5-3-2-4-6-13/h2-10,22H,1H3,(H,19,21)/b18-11?,20-15-. The van der Waals surface area contributed by atoms with Gasteiger partial charge in [-0.3, -0.25) is 9.79 Å². The number of oxime groups is 1. The molecular weight excluding hydrogens is 285 g/mol. The van der Waals surface area contributed by atoms with Crippen LogP contribution in [0.3, 0.4) is 0 Å². The number of amides is 1. The number of carbonyl (C=O) groups excluding carboxylic acids is 1. The summed E-state index contributed by atoms with van der Waals surface area (Å²) in [4.78, 5) is 16.2. The summed E-state index contributed by atoms with van der Waals surface area (Å²) in [6.07, 6.45) is 0. The van der Waals surface area contributed by atoms with E-state index in [9.17, 15) is 9.18 Å². The summed E-state index contributed by atoms with van der Waals surface area (Å²) in [6, 6.07) is 14.2. The van der Waals surface area contributed by atoms with E-state index in [1.807, 2.05) is 6.07 Å². The second-order valence-electron chi connectivity index (χ2n) is 4.44. The fraction of sp³-hybridized carbons (Fsp3) is 0.0625. The summed E-state index contributed by atoms with van der Waals surface area (Å²) in [7, 11) is 0. The number of anilines is 1. The molecule has 0 atom stereocenters. The van der Waals surface area contributed by atoms with Crippen LogP contribution in [0.1, 0.15) is 6.92 Å². The molecule has 0 aromatic heterocycles. The van der Waals surface area contributed by atoms with Gasteiger partial charge >= 0.3 is 0 Å². The zero-order valence-electron chi connectivity index (χ0n) is 11.8. The number of carbonyl (C=O) groups is 1. The first-order valence-corrected chi connectivity index (χ1v) is 6.50. The van der Waals surface area contributed by atoms with Crippen LogP contribution in [0.15, 0.2) is 64.7 Å². The van der Waals surface area contributed by atoms with Gasteiger partial charge in [0, 0.05) is 5.69 Å². The van der Waals surface area contributed by atoms with Crippen LogP contribution in [0, 0.1) is 5.82 Å². The molecule has 0 saturated carbocycles. The molecule has 2 rings (SSSR count). The summed E-state index contributed by atoms with van der Waals surface area (Å²) >= 11 is 0. The molecule has 2 aromatic rings. The Morgan fingerprint density at radius 3 is 2.32 bits per heavy atom. The molecule has 1 amide bonds. The normalized spacial score (nSPS) is 12.1. The van der Waals surface area contributed by atoms with Gasteiger partial charge < -0.3 is 10.5 Å². The van der Waals surface area contributed by atoms with Crippen LogP contribution in [0.25, 0.3) is 0 Å². The van der Waals surface area contributed by atoms with Crippen molar-refractivity contribution < 1.29 is 14.4 Å². The Morgan fingerprint density at radius 1 is 1.09 bits per heavy atom. The van der Waals surface area contributed by atoms with E-state index in [0.717, 1.165) is 0 Å². The lowest BCUT2D eigenvalue weighted by atomic mass is 10.2. The molecule has 2 N–H and O–H groups in total. The molecule has 22 heavy (non-hydrogen) atoms. The van der Waals surface area contributed by atoms with Crippen LogP contribution in [-0.4, -0.2) is 22.5 Å². The number of benzene rings is 2. The zero-order chi connectivity index (χ0) is 15.9. The molecule has 0 bridgehead atoms. The van der Waals surface area contributed by atoms with Gasteiger partial charge in [-0.05, 0) is 43.3 Å². The van der Waals surface area contributed by atoms with Crippen molar-refractivity contribution in [3.8, 4) is 0 Å². The van der Waals surface area contributed by atoms with Gasteiger partial charge in [0.2, 0.25) is 0 Å². The lowest BCUT2D eigenvalue weighted by molar-refractivity contribution is -0.110. The van der Waals surface area contributed by atoms with E-state index < -0.39 is 5.91 Å². The van der Waals surface area contributed by atoms with Gasteiger partial charge in [0.05, 0.1) is 11.4 Å². The molecule has 2 aromatic carbocycles. The number of nitrogens with zero attached hydrogens (tertiary/aromatic N) is 2. The third kappa shape index (κ3) is 3.99. The molecule has 0 aliphatic carbocycles. The molecule has 0 aliphatic heterocycles. The van der Waals surface area contributed by atoms with Gasteiger partial charge in [0.1, 0.15) is 5.82 Å². The number of halogens is 1. The second-order valence-corrected chi connectivity index (χ2v) is 4.44. The van der Waals surface area contributed by atoms with E-state index in [0.29, 0.717) is 11.4 Å². The second kappa shape index (κ2) is 7.12. The SMILES string of the molecule is CC(=Nc1ccc(F)cc1)/C(=N/O)C(=O)Nc1ccccc1. The fourth-order valence-electron chi connectivity index (χ4n) is 1.76. The van der Waals surface area contributed by atoms with Crippen LogP contribution < -0.4 is 5.32 Å². The number of para-hydroxylation sites is 1. The molecule has 0 saturated heterocycles. The molecule has 0 radical (unpaired) electrons. The van der Waals surface area contributed by atoms with Crippen molar-refractivity contribution in [1.82, 2.24) is 0 Å². The molecule has 0 unspecified atom stereocenters. The van der Waals surface area contributed by atoms with Crippen molar-refractivity contribution in [3.05, 3.63) is 60.4 Å². The Morgan fingerprint density at radius 2 is 1.73 bits per heavy atom. The third-order valence-electron chi connectivity index (χ3n) is 2.81. The van der Waals surface area contributed by atoms with Crippen molar-refractivity contribution in [1.29, 1.82) is 0 Å². The highest BCUT2D eigenvalue weighted by Crippen LogP contribution is 2.13. The predicted octanol–water partition coefficient (Wildman–Crippen LogP) is 3.39. The molecule has 5 nitrogen and oxygen atoms in total. The average Bonchev–Trinajstić information content (AvgIpc) is 2.51. The summed E-state index contributed by atoms with van der Waals surface area (Å²) in [6.45, 7) is 1.53. The van der Waals surface area contributed by atoms with Crippen molar-refractivity contribution in [2.75, 3.05) is 5.32 Å². The lowest BCUT2D eigenvalue weighted by Gasteiger charge is -2.06. The van der Waals surface area contributed by atoms with Crippen LogP contribution in [0.2, 0.25) is 0 Å². The quantitative estimate of drug-likeness (QED) is 0.516. The summed E-state index contributed by atoms with van der Waals surface area (Å²) in [5.41, 5.74) is 1.02. The van der Waals surface area contributed by atoms with E-state index in [2.05, 4.69) is 15.5 Å². The molecule has 0 heterocycles. The Kier molecular flexibility index (Phi) is 4.98. The zero-order valence-corrected chi connectivity index (χ0v) is 11.8. The van der Waals surface area contributed by atoms with Gasteiger partial charge in [0.25, 0.3) is 5.91 Å².